The number of hydrogen-bond donors (Lipinski definition) is 0. The van der Waals surface area contributed by atoms with Gasteiger partial charge in [-0.05, 0) is 49.9 Å². The van der Waals surface area contributed by atoms with Crippen LogP contribution in [0.15, 0.2) is 40.8 Å². The lowest BCUT2D eigenvalue weighted by atomic mass is 9.96. The number of benzene rings is 1. The number of carbonyl (C=O) groups is 1. The Morgan fingerprint density at radius 1 is 1.06 bits per heavy atom. The first-order valence-electron chi connectivity index (χ1n) is 12.2. The maximum atomic E-state index is 13.3. The van der Waals surface area contributed by atoms with Gasteiger partial charge in [0.15, 0.2) is 0 Å². The van der Waals surface area contributed by atoms with E-state index in [1.165, 1.54) is 12.1 Å². The van der Waals surface area contributed by atoms with Crippen molar-refractivity contribution in [3.63, 3.8) is 0 Å². The Labute approximate surface area is 201 Å². The van der Waals surface area contributed by atoms with Gasteiger partial charge in [0.1, 0.15) is 35.3 Å². The average molecular weight is 474 g/mol. The van der Waals surface area contributed by atoms with Crippen molar-refractivity contribution in [2.75, 3.05) is 59.5 Å². The Hall–Kier alpha value is -2.42. The molecule has 2 saturated heterocycles. The van der Waals surface area contributed by atoms with E-state index in [1.807, 2.05) is 17.0 Å². The number of hydrogen-bond acceptors (Lipinski definition) is 6. The summed E-state index contributed by atoms with van der Waals surface area (Å²) in [5, 5.41) is 0. The number of rotatable bonds is 9. The molecule has 2 fully saturated rings. The first-order valence-corrected chi connectivity index (χ1v) is 12.2. The van der Waals surface area contributed by atoms with Gasteiger partial charge in [0, 0.05) is 45.7 Å². The predicted octanol–water partition coefficient (Wildman–Crippen LogP) is 3.19. The number of amides is 1. The smallest absolute Gasteiger partial charge is 0.225 e. The van der Waals surface area contributed by atoms with E-state index in [2.05, 4.69) is 23.8 Å². The van der Waals surface area contributed by atoms with Gasteiger partial charge in [-0.1, -0.05) is 6.92 Å². The molecule has 186 valence electrons. The SMILES string of the molecule is CCCc1ccc(CN2CCO[C@](COc3ccc(F)cc3)(CC(=O)N3CCN(C)CC3)C2)o1. The van der Waals surface area contributed by atoms with Gasteiger partial charge in [0.25, 0.3) is 0 Å². The predicted molar refractivity (Wildman–Crippen MR) is 127 cm³/mol. The first-order chi connectivity index (χ1) is 16.4. The van der Waals surface area contributed by atoms with Crippen LogP contribution in [0, 0.1) is 5.82 Å². The van der Waals surface area contributed by atoms with E-state index in [4.69, 9.17) is 13.9 Å². The first kappa shape index (κ1) is 24.7. The molecule has 2 aliphatic rings. The summed E-state index contributed by atoms with van der Waals surface area (Å²) >= 11 is 0. The van der Waals surface area contributed by atoms with Crippen LogP contribution in [0.25, 0.3) is 0 Å². The number of carbonyl (C=O) groups excluding carboxylic acids is 1. The van der Waals surface area contributed by atoms with Gasteiger partial charge in [-0.3, -0.25) is 9.69 Å². The molecule has 0 radical (unpaired) electrons. The summed E-state index contributed by atoms with van der Waals surface area (Å²) in [5.41, 5.74) is -0.786. The number of likely N-dealkylation sites (N-methyl/N-ethyl adjacent to an activating group) is 1. The van der Waals surface area contributed by atoms with Crippen molar-refractivity contribution in [1.29, 1.82) is 0 Å². The highest BCUT2D eigenvalue weighted by molar-refractivity contribution is 5.77. The van der Waals surface area contributed by atoms with Crippen LogP contribution in [0.3, 0.4) is 0 Å². The number of piperazine rings is 1. The van der Waals surface area contributed by atoms with Crippen LogP contribution in [0.1, 0.15) is 31.3 Å². The molecule has 0 N–H and O–H groups in total. The van der Waals surface area contributed by atoms with Crippen LogP contribution in [0.2, 0.25) is 0 Å². The fraction of sp³-hybridized carbons (Fsp3) is 0.577. The number of furan rings is 1. The summed E-state index contributed by atoms with van der Waals surface area (Å²) in [6.45, 7) is 8.01. The van der Waals surface area contributed by atoms with Crippen LogP contribution in [-0.4, -0.2) is 85.7 Å². The Morgan fingerprint density at radius 3 is 2.53 bits per heavy atom. The number of ether oxygens (including phenoxy) is 2. The topological polar surface area (TPSA) is 58.4 Å². The van der Waals surface area contributed by atoms with E-state index in [0.29, 0.717) is 25.4 Å². The summed E-state index contributed by atoms with van der Waals surface area (Å²) in [5.74, 6) is 2.25. The van der Waals surface area contributed by atoms with Gasteiger partial charge in [0.05, 0.1) is 19.6 Å². The molecule has 1 amide bonds. The van der Waals surface area contributed by atoms with Crippen LogP contribution >= 0.6 is 0 Å². The fourth-order valence-corrected chi connectivity index (χ4v) is 4.60. The van der Waals surface area contributed by atoms with Crippen LogP contribution in [0.4, 0.5) is 4.39 Å². The molecule has 1 atom stereocenters. The summed E-state index contributed by atoms with van der Waals surface area (Å²) in [7, 11) is 2.07. The largest absolute Gasteiger partial charge is 0.491 e. The second-order valence-electron chi connectivity index (χ2n) is 9.46. The molecule has 1 aromatic heterocycles. The average Bonchev–Trinajstić information content (AvgIpc) is 3.26. The van der Waals surface area contributed by atoms with E-state index in [-0.39, 0.29) is 24.8 Å². The lowest BCUT2D eigenvalue weighted by molar-refractivity contribution is -0.158. The highest BCUT2D eigenvalue weighted by Gasteiger charge is 2.41. The third-order valence-corrected chi connectivity index (χ3v) is 6.57. The van der Waals surface area contributed by atoms with E-state index in [1.54, 1.807) is 12.1 Å². The van der Waals surface area contributed by atoms with Crippen molar-refractivity contribution in [2.45, 2.75) is 38.3 Å². The molecular formula is C26H36FN3O4. The zero-order valence-corrected chi connectivity index (χ0v) is 20.3. The molecule has 34 heavy (non-hydrogen) atoms. The summed E-state index contributed by atoms with van der Waals surface area (Å²) < 4.78 is 31.6. The van der Waals surface area contributed by atoms with Crippen LogP contribution in [0.5, 0.6) is 5.75 Å². The Balaban J connectivity index is 1.45. The number of aryl methyl sites for hydroxylation is 1. The van der Waals surface area contributed by atoms with E-state index >= 15 is 0 Å². The number of nitrogens with zero attached hydrogens (tertiary/aromatic N) is 3. The molecule has 3 heterocycles. The van der Waals surface area contributed by atoms with Gasteiger partial charge in [0.2, 0.25) is 5.91 Å². The standard InChI is InChI=1S/C26H36FN3O4/c1-3-4-23-9-10-24(34-23)18-29-15-16-33-26(19-29,20-32-22-7-5-21(27)6-8-22)17-25(31)30-13-11-28(2)12-14-30/h5-10H,3-4,11-20H2,1-2H3/t26-/m1/s1. The molecule has 0 unspecified atom stereocenters. The zero-order chi connectivity index (χ0) is 24.0. The van der Waals surface area contributed by atoms with Crippen molar-refractivity contribution < 1.29 is 23.1 Å². The second kappa shape index (κ2) is 11.3. The molecule has 4 rings (SSSR count). The van der Waals surface area contributed by atoms with Crippen molar-refractivity contribution in [1.82, 2.24) is 14.7 Å². The lowest BCUT2D eigenvalue weighted by Crippen LogP contribution is -2.58. The molecule has 0 aliphatic carbocycles. The summed E-state index contributed by atoms with van der Waals surface area (Å²) in [6.07, 6.45) is 2.22. The van der Waals surface area contributed by atoms with Gasteiger partial charge in [-0.15, -0.1) is 0 Å². The third-order valence-electron chi connectivity index (χ3n) is 6.57. The maximum absolute atomic E-state index is 13.3. The van der Waals surface area contributed by atoms with Gasteiger partial charge in [-0.25, -0.2) is 4.39 Å². The van der Waals surface area contributed by atoms with Gasteiger partial charge in [-0.2, -0.15) is 0 Å². The maximum Gasteiger partial charge on any atom is 0.225 e. The minimum Gasteiger partial charge on any atom is -0.491 e. The molecule has 2 aromatic rings. The third kappa shape index (κ3) is 6.58. The Bertz CT molecular complexity index is 926. The Morgan fingerprint density at radius 2 is 1.79 bits per heavy atom. The zero-order valence-electron chi connectivity index (χ0n) is 20.3. The fourth-order valence-electron chi connectivity index (χ4n) is 4.60. The molecule has 2 aliphatic heterocycles. The summed E-state index contributed by atoms with van der Waals surface area (Å²) in [6, 6.07) is 10.0. The van der Waals surface area contributed by atoms with E-state index in [0.717, 1.165) is 57.1 Å². The lowest BCUT2D eigenvalue weighted by Gasteiger charge is -2.43. The van der Waals surface area contributed by atoms with Gasteiger partial charge >= 0.3 is 0 Å². The van der Waals surface area contributed by atoms with Crippen LogP contribution in [-0.2, 0) is 22.5 Å². The summed E-state index contributed by atoms with van der Waals surface area (Å²) in [4.78, 5) is 19.7. The van der Waals surface area contributed by atoms with Crippen molar-refractivity contribution >= 4 is 5.91 Å². The van der Waals surface area contributed by atoms with E-state index in [9.17, 15) is 9.18 Å². The molecule has 0 spiro atoms. The van der Waals surface area contributed by atoms with Gasteiger partial charge < -0.3 is 23.7 Å². The van der Waals surface area contributed by atoms with Crippen molar-refractivity contribution in [2.24, 2.45) is 0 Å². The molecule has 8 heteroatoms. The quantitative estimate of drug-likeness (QED) is 0.558. The normalized spacial score (nSPS) is 22.1. The molecule has 0 saturated carbocycles. The van der Waals surface area contributed by atoms with E-state index < -0.39 is 5.60 Å². The minimum atomic E-state index is -0.786. The highest BCUT2D eigenvalue weighted by atomic mass is 19.1. The van der Waals surface area contributed by atoms with Crippen molar-refractivity contribution in [3.8, 4) is 5.75 Å². The molecule has 0 bridgehead atoms. The Kier molecular flexibility index (Phi) is 8.24. The number of halogens is 1. The molecule has 1 aromatic carbocycles. The monoisotopic (exact) mass is 473 g/mol. The van der Waals surface area contributed by atoms with Crippen molar-refractivity contribution in [3.05, 3.63) is 53.7 Å². The highest BCUT2D eigenvalue weighted by Crippen LogP contribution is 2.27. The molecule has 7 nitrogen and oxygen atoms in total. The minimum absolute atomic E-state index is 0.0842. The number of morpholine rings is 1. The molecular weight excluding hydrogens is 437 g/mol. The second-order valence-corrected chi connectivity index (χ2v) is 9.46. The van der Waals surface area contributed by atoms with Crippen LogP contribution < -0.4 is 4.74 Å².